The van der Waals surface area contributed by atoms with Crippen molar-refractivity contribution in [2.24, 2.45) is 5.73 Å². The summed E-state index contributed by atoms with van der Waals surface area (Å²) in [7, 11) is 2.15. The average molecular weight is 252 g/mol. The molecule has 96 valence electrons. The van der Waals surface area contributed by atoms with Gasteiger partial charge in [0.2, 0.25) is 0 Å². The van der Waals surface area contributed by atoms with Crippen molar-refractivity contribution in [3.63, 3.8) is 0 Å². The van der Waals surface area contributed by atoms with Gasteiger partial charge >= 0.3 is 0 Å². The smallest absolute Gasteiger partial charge is 0.0509 e. The molecule has 1 atom stereocenters. The number of thioether (sulfide) groups is 1. The largest absolute Gasteiger partial charge is 0.321 e. The summed E-state index contributed by atoms with van der Waals surface area (Å²) in [6.07, 6.45) is 3.37. The number of nitrogens with two attached hydrogens (primary N) is 1. The first-order chi connectivity index (χ1) is 8.06. The third-order valence-electron chi connectivity index (χ3n) is 2.92. The first-order valence-electron chi connectivity index (χ1n) is 6.08. The van der Waals surface area contributed by atoms with Gasteiger partial charge in [0.15, 0.2) is 0 Å². The third kappa shape index (κ3) is 5.11. The fourth-order valence-electron chi connectivity index (χ4n) is 2.03. The summed E-state index contributed by atoms with van der Waals surface area (Å²) in [5, 5.41) is 0. The van der Waals surface area contributed by atoms with E-state index in [1.54, 1.807) is 0 Å². The van der Waals surface area contributed by atoms with Crippen molar-refractivity contribution in [2.75, 3.05) is 32.1 Å². The SMILES string of the molecule is CSCCCN(C)CC(C)(N)c1ccccc1. The van der Waals surface area contributed by atoms with E-state index in [0.29, 0.717) is 0 Å². The highest BCUT2D eigenvalue weighted by atomic mass is 32.2. The summed E-state index contributed by atoms with van der Waals surface area (Å²) < 4.78 is 0. The molecular formula is C14H24N2S. The van der Waals surface area contributed by atoms with Crippen LogP contribution in [0.1, 0.15) is 18.9 Å². The number of hydrogen-bond donors (Lipinski definition) is 1. The molecule has 1 aromatic rings. The number of rotatable bonds is 7. The zero-order valence-electron chi connectivity index (χ0n) is 11.1. The number of hydrogen-bond acceptors (Lipinski definition) is 3. The summed E-state index contributed by atoms with van der Waals surface area (Å²) in [6, 6.07) is 10.3. The van der Waals surface area contributed by atoms with Crippen molar-refractivity contribution in [3.8, 4) is 0 Å². The fourth-order valence-corrected chi connectivity index (χ4v) is 2.45. The van der Waals surface area contributed by atoms with E-state index in [1.807, 2.05) is 30.0 Å². The second-order valence-electron chi connectivity index (χ2n) is 4.87. The molecule has 3 heteroatoms. The van der Waals surface area contributed by atoms with Gasteiger partial charge in [0.25, 0.3) is 0 Å². The summed E-state index contributed by atoms with van der Waals surface area (Å²) >= 11 is 1.90. The molecule has 1 unspecified atom stereocenters. The van der Waals surface area contributed by atoms with Crippen molar-refractivity contribution in [1.29, 1.82) is 0 Å². The van der Waals surface area contributed by atoms with E-state index in [9.17, 15) is 0 Å². The van der Waals surface area contributed by atoms with Gasteiger partial charge in [0.1, 0.15) is 0 Å². The van der Waals surface area contributed by atoms with Gasteiger partial charge in [-0.1, -0.05) is 30.3 Å². The second kappa shape index (κ2) is 7.04. The Labute approximate surface area is 110 Å². The van der Waals surface area contributed by atoms with E-state index in [0.717, 1.165) is 13.1 Å². The van der Waals surface area contributed by atoms with Crippen LogP contribution in [0, 0.1) is 0 Å². The van der Waals surface area contributed by atoms with E-state index >= 15 is 0 Å². The van der Waals surface area contributed by atoms with E-state index < -0.39 is 0 Å². The third-order valence-corrected chi connectivity index (χ3v) is 3.62. The molecule has 0 bridgehead atoms. The predicted octanol–water partition coefficient (Wildman–Crippen LogP) is 2.55. The normalized spacial score (nSPS) is 14.9. The number of nitrogens with zero attached hydrogens (tertiary/aromatic N) is 1. The van der Waals surface area contributed by atoms with Crippen LogP contribution in [0.15, 0.2) is 30.3 Å². The van der Waals surface area contributed by atoms with Gasteiger partial charge in [-0.25, -0.2) is 0 Å². The summed E-state index contributed by atoms with van der Waals surface area (Å²) in [6.45, 7) is 4.11. The number of likely N-dealkylation sites (N-methyl/N-ethyl adjacent to an activating group) is 1. The van der Waals surface area contributed by atoms with Crippen LogP contribution in [0.25, 0.3) is 0 Å². The molecule has 1 aromatic carbocycles. The van der Waals surface area contributed by atoms with Crippen LogP contribution < -0.4 is 5.73 Å². The Balaban J connectivity index is 2.49. The van der Waals surface area contributed by atoms with Gasteiger partial charge in [0, 0.05) is 6.54 Å². The monoisotopic (exact) mass is 252 g/mol. The van der Waals surface area contributed by atoms with Gasteiger partial charge in [0.05, 0.1) is 5.54 Å². The lowest BCUT2D eigenvalue weighted by Gasteiger charge is -2.30. The Morgan fingerprint density at radius 2 is 1.94 bits per heavy atom. The Morgan fingerprint density at radius 3 is 2.53 bits per heavy atom. The molecule has 0 aliphatic rings. The van der Waals surface area contributed by atoms with Crippen LogP contribution in [-0.2, 0) is 5.54 Å². The molecule has 0 radical (unpaired) electrons. The average Bonchev–Trinajstić information content (AvgIpc) is 2.30. The van der Waals surface area contributed by atoms with E-state index in [4.69, 9.17) is 5.73 Å². The van der Waals surface area contributed by atoms with Crippen molar-refractivity contribution in [1.82, 2.24) is 4.90 Å². The molecule has 0 aliphatic carbocycles. The van der Waals surface area contributed by atoms with Gasteiger partial charge in [-0.15, -0.1) is 0 Å². The molecule has 0 amide bonds. The Kier molecular flexibility index (Phi) is 6.03. The predicted molar refractivity (Wildman–Crippen MR) is 78.5 cm³/mol. The lowest BCUT2D eigenvalue weighted by molar-refractivity contribution is 0.260. The molecule has 0 heterocycles. The van der Waals surface area contributed by atoms with Gasteiger partial charge < -0.3 is 10.6 Å². The molecule has 1 rings (SSSR count). The standard InChI is InChI=1S/C14H24N2S/c1-14(15,13-8-5-4-6-9-13)12-16(2)10-7-11-17-3/h4-6,8-9H,7,10-12,15H2,1-3H3. The minimum absolute atomic E-state index is 0.268. The minimum Gasteiger partial charge on any atom is -0.321 e. The maximum Gasteiger partial charge on any atom is 0.0509 e. The van der Waals surface area contributed by atoms with Gasteiger partial charge in [-0.05, 0) is 44.5 Å². The molecule has 17 heavy (non-hydrogen) atoms. The first-order valence-corrected chi connectivity index (χ1v) is 7.47. The van der Waals surface area contributed by atoms with Crippen LogP contribution >= 0.6 is 11.8 Å². The lowest BCUT2D eigenvalue weighted by Crippen LogP contribution is -2.44. The fraction of sp³-hybridized carbons (Fsp3) is 0.571. The summed E-state index contributed by atoms with van der Waals surface area (Å²) in [4.78, 5) is 2.32. The van der Waals surface area contributed by atoms with Crippen LogP contribution in [0.5, 0.6) is 0 Å². The topological polar surface area (TPSA) is 29.3 Å². The van der Waals surface area contributed by atoms with Crippen molar-refractivity contribution in [2.45, 2.75) is 18.9 Å². The van der Waals surface area contributed by atoms with Crippen LogP contribution in [0.2, 0.25) is 0 Å². The second-order valence-corrected chi connectivity index (χ2v) is 5.85. The van der Waals surface area contributed by atoms with Crippen molar-refractivity contribution < 1.29 is 0 Å². The minimum atomic E-state index is -0.268. The highest BCUT2D eigenvalue weighted by Gasteiger charge is 2.22. The van der Waals surface area contributed by atoms with Crippen molar-refractivity contribution >= 4 is 11.8 Å². The van der Waals surface area contributed by atoms with Crippen LogP contribution in [-0.4, -0.2) is 37.0 Å². The van der Waals surface area contributed by atoms with Crippen LogP contribution in [0.4, 0.5) is 0 Å². The Morgan fingerprint density at radius 1 is 1.29 bits per heavy atom. The zero-order valence-corrected chi connectivity index (χ0v) is 12.0. The van der Waals surface area contributed by atoms with E-state index in [2.05, 4.69) is 37.3 Å². The quantitative estimate of drug-likeness (QED) is 0.756. The maximum atomic E-state index is 6.40. The maximum absolute atomic E-state index is 6.40. The Bertz CT molecular complexity index is 311. The Hall–Kier alpha value is -0.510. The first kappa shape index (κ1) is 14.6. The molecule has 0 spiro atoms. The molecule has 2 N–H and O–H groups in total. The van der Waals surface area contributed by atoms with Crippen molar-refractivity contribution in [3.05, 3.63) is 35.9 Å². The van der Waals surface area contributed by atoms with Crippen LogP contribution in [0.3, 0.4) is 0 Å². The summed E-state index contributed by atoms with van der Waals surface area (Å²) in [5.74, 6) is 1.22. The zero-order chi connectivity index (χ0) is 12.7. The number of benzene rings is 1. The molecule has 0 fully saturated rings. The summed E-state index contributed by atoms with van der Waals surface area (Å²) in [5.41, 5.74) is 7.33. The van der Waals surface area contributed by atoms with Gasteiger partial charge in [-0.2, -0.15) is 11.8 Å². The molecular weight excluding hydrogens is 228 g/mol. The lowest BCUT2D eigenvalue weighted by atomic mass is 9.93. The molecule has 0 saturated heterocycles. The molecule has 0 aliphatic heterocycles. The molecule has 2 nitrogen and oxygen atoms in total. The highest BCUT2D eigenvalue weighted by Crippen LogP contribution is 2.18. The highest BCUT2D eigenvalue weighted by molar-refractivity contribution is 7.98. The van der Waals surface area contributed by atoms with E-state index in [-0.39, 0.29) is 5.54 Å². The molecule has 0 saturated carbocycles. The molecule has 0 aromatic heterocycles. The van der Waals surface area contributed by atoms with Gasteiger partial charge in [-0.3, -0.25) is 0 Å². The van der Waals surface area contributed by atoms with E-state index in [1.165, 1.54) is 17.7 Å².